The van der Waals surface area contributed by atoms with Crippen molar-refractivity contribution in [2.75, 3.05) is 6.61 Å². The summed E-state index contributed by atoms with van der Waals surface area (Å²) < 4.78 is 66.6. The monoisotopic (exact) mass is 486 g/mol. The zero-order chi connectivity index (χ0) is 24.7. The number of halogens is 4. The third-order valence-corrected chi connectivity index (χ3v) is 6.63. The van der Waals surface area contributed by atoms with Gasteiger partial charge in [-0.05, 0) is 65.8 Å². The summed E-state index contributed by atoms with van der Waals surface area (Å²) in [6.45, 7) is 0.282. The van der Waals surface area contributed by atoms with Gasteiger partial charge in [-0.15, -0.1) is 0 Å². The quantitative estimate of drug-likeness (QED) is 0.407. The summed E-state index contributed by atoms with van der Waals surface area (Å²) in [6, 6.07) is 13.3. The molecule has 1 heterocycles. The smallest absolute Gasteiger partial charge is 0.416 e. The van der Waals surface area contributed by atoms with E-state index in [2.05, 4.69) is 0 Å². The van der Waals surface area contributed by atoms with Crippen LogP contribution in [0.1, 0.15) is 58.2 Å². The zero-order valence-corrected chi connectivity index (χ0v) is 18.6. The molecular weight excluding hydrogens is 464 g/mol. The van der Waals surface area contributed by atoms with Gasteiger partial charge in [0.25, 0.3) is 0 Å². The van der Waals surface area contributed by atoms with Crippen LogP contribution in [0.5, 0.6) is 11.5 Å². The van der Waals surface area contributed by atoms with Crippen molar-refractivity contribution in [1.82, 2.24) is 0 Å². The van der Waals surface area contributed by atoms with Gasteiger partial charge in [-0.1, -0.05) is 24.3 Å². The molecular formula is C27H22F4O4. The molecule has 1 N–H and O–H groups in total. The lowest BCUT2D eigenvalue weighted by Gasteiger charge is -2.20. The summed E-state index contributed by atoms with van der Waals surface area (Å²) in [5.74, 6) is -0.485. The van der Waals surface area contributed by atoms with E-state index < -0.39 is 29.6 Å². The second-order valence-electron chi connectivity index (χ2n) is 8.91. The first kappa shape index (κ1) is 23.2. The van der Waals surface area contributed by atoms with Crippen molar-refractivity contribution in [1.29, 1.82) is 0 Å². The van der Waals surface area contributed by atoms with Crippen LogP contribution in [0, 0.1) is 5.82 Å². The molecule has 3 aromatic carbocycles. The normalized spacial score (nSPS) is 18.6. The molecule has 0 amide bonds. The predicted octanol–water partition coefficient (Wildman–Crippen LogP) is 6.45. The topological polar surface area (TPSA) is 55.8 Å². The first-order valence-electron chi connectivity index (χ1n) is 11.3. The van der Waals surface area contributed by atoms with E-state index in [9.17, 15) is 22.4 Å². The van der Waals surface area contributed by atoms with Gasteiger partial charge in [-0.2, -0.15) is 13.2 Å². The van der Waals surface area contributed by atoms with Crippen molar-refractivity contribution in [2.45, 2.75) is 43.9 Å². The van der Waals surface area contributed by atoms with Crippen LogP contribution in [-0.2, 0) is 23.8 Å². The van der Waals surface area contributed by atoms with Crippen LogP contribution in [-0.4, -0.2) is 17.7 Å². The number of ether oxygens (including phenoxy) is 2. The number of fused-ring (bicyclic) bond motifs is 2. The van der Waals surface area contributed by atoms with Crippen molar-refractivity contribution in [3.05, 3.63) is 93.8 Å². The average molecular weight is 486 g/mol. The maximum absolute atomic E-state index is 13.8. The zero-order valence-electron chi connectivity index (χ0n) is 18.6. The summed E-state index contributed by atoms with van der Waals surface area (Å²) in [5.41, 5.74) is 2.25. The Morgan fingerprint density at radius 1 is 1.06 bits per heavy atom. The third-order valence-electron chi connectivity index (χ3n) is 6.63. The van der Waals surface area contributed by atoms with Gasteiger partial charge < -0.3 is 14.6 Å². The molecule has 1 aliphatic heterocycles. The van der Waals surface area contributed by atoms with Crippen molar-refractivity contribution in [2.24, 2.45) is 0 Å². The number of benzene rings is 3. The maximum atomic E-state index is 13.8. The molecule has 8 heteroatoms. The Morgan fingerprint density at radius 3 is 2.51 bits per heavy atom. The van der Waals surface area contributed by atoms with Gasteiger partial charge in [-0.3, -0.25) is 4.79 Å². The fraction of sp³-hybridized carbons (Fsp3) is 0.296. The third kappa shape index (κ3) is 4.70. The van der Waals surface area contributed by atoms with Crippen LogP contribution in [0.4, 0.5) is 17.6 Å². The highest BCUT2D eigenvalue weighted by molar-refractivity contribution is 5.68. The van der Waals surface area contributed by atoms with E-state index in [0.29, 0.717) is 41.0 Å². The average Bonchev–Trinajstić information content (AvgIpc) is 3.38. The minimum Gasteiger partial charge on any atom is -0.492 e. The SMILES string of the molecule is O=C(O)C[C@@H]1COc2cc(O[C@@H]3CCc4c3ccc(C(F)(F)F)c4Cc3ccc(F)cc3)ccc21. The molecule has 1 aliphatic carbocycles. The fourth-order valence-electron chi connectivity index (χ4n) is 5.01. The molecule has 0 bridgehead atoms. The second-order valence-corrected chi connectivity index (χ2v) is 8.91. The standard InChI is InChI=1S/C27H22F4O4/c28-17-3-1-15(2-4-17)11-22-20-8-10-24(21(20)7-9-23(22)27(29,30)31)35-18-5-6-19-16(12-26(32)33)14-34-25(19)13-18/h1-7,9,13,16,24H,8,10-12,14H2,(H,32,33)/t16-,24-/m1/s1. The molecule has 0 aromatic heterocycles. The molecule has 0 fully saturated rings. The van der Waals surface area contributed by atoms with Gasteiger partial charge >= 0.3 is 12.1 Å². The summed E-state index contributed by atoms with van der Waals surface area (Å²) in [6.07, 6.45) is -3.96. The van der Waals surface area contributed by atoms with Gasteiger partial charge in [0.15, 0.2) is 0 Å². The molecule has 0 unspecified atom stereocenters. The van der Waals surface area contributed by atoms with Gasteiger partial charge in [0.2, 0.25) is 0 Å². The Balaban J connectivity index is 1.42. The number of carbonyl (C=O) groups is 1. The van der Waals surface area contributed by atoms with Crippen LogP contribution in [0.3, 0.4) is 0 Å². The maximum Gasteiger partial charge on any atom is 0.416 e. The van der Waals surface area contributed by atoms with E-state index in [1.807, 2.05) is 0 Å². The molecule has 0 spiro atoms. The number of aliphatic carboxylic acids is 1. The summed E-state index contributed by atoms with van der Waals surface area (Å²) in [4.78, 5) is 11.1. The summed E-state index contributed by atoms with van der Waals surface area (Å²) in [5, 5.41) is 9.07. The predicted molar refractivity (Wildman–Crippen MR) is 119 cm³/mol. The molecule has 0 saturated carbocycles. The molecule has 2 atom stereocenters. The van der Waals surface area contributed by atoms with Crippen LogP contribution in [0.2, 0.25) is 0 Å². The number of carboxylic acids is 1. The van der Waals surface area contributed by atoms with E-state index in [-0.39, 0.29) is 30.9 Å². The molecule has 4 nitrogen and oxygen atoms in total. The largest absolute Gasteiger partial charge is 0.492 e. The Morgan fingerprint density at radius 2 is 1.80 bits per heavy atom. The van der Waals surface area contributed by atoms with Gasteiger partial charge in [0.05, 0.1) is 18.6 Å². The molecule has 0 saturated heterocycles. The lowest BCUT2D eigenvalue weighted by Crippen LogP contribution is -2.13. The van der Waals surface area contributed by atoms with Gasteiger partial charge in [0.1, 0.15) is 23.4 Å². The Labute approximate surface area is 199 Å². The first-order chi connectivity index (χ1) is 16.7. The number of alkyl halides is 3. The van der Waals surface area contributed by atoms with E-state index >= 15 is 0 Å². The Hall–Kier alpha value is -3.55. The highest BCUT2D eigenvalue weighted by Gasteiger charge is 2.37. The van der Waals surface area contributed by atoms with Crippen LogP contribution in [0.15, 0.2) is 54.6 Å². The highest BCUT2D eigenvalue weighted by Crippen LogP contribution is 2.44. The molecule has 35 heavy (non-hydrogen) atoms. The second kappa shape index (κ2) is 8.91. The van der Waals surface area contributed by atoms with Crippen molar-refractivity contribution in [3.8, 4) is 11.5 Å². The Kier molecular flexibility index (Phi) is 5.91. The lowest BCUT2D eigenvalue weighted by molar-refractivity contribution is -0.138. The Bertz CT molecular complexity index is 1270. The number of hydrogen-bond acceptors (Lipinski definition) is 3. The van der Waals surface area contributed by atoms with Crippen LogP contribution >= 0.6 is 0 Å². The molecule has 182 valence electrons. The van der Waals surface area contributed by atoms with E-state index in [1.165, 1.54) is 30.3 Å². The van der Waals surface area contributed by atoms with E-state index in [1.54, 1.807) is 18.2 Å². The van der Waals surface area contributed by atoms with Crippen LogP contribution < -0.4 is 9.47 Å². The molecule has 5 rings (SSSR count). The lowest BCUT2D eigenvalue weighted by atomic mass is 9.92. The minimum atomic E-state index is -4.51. The van der Waals surface area contributed by atoms with Gasteiger partial charge in [0, 0.05) is 17.5 Å². The molecule has 3 aromatic rings. The van der Waals surface area contributed by atoms with E-state index in [0.717, 1.165) is 11.6 Å². The molecule has 2 aliphatic rings. The number of hydrogen-bond donors (Lipinski definition) is 1. The summed E-state index contributed by atoms with van der Waals surface area (Å²) >= 11 is 0. The number of carboxylic acid groups (broad SMARTS) is 1. The van der Waals surface area contributed by atoms with E-state index in [4.69, 9.17) is 14.6 Å². The first-order valence-corrected chi connectivity index (χ1v) is 11.3. The summed E-state index contributed by atoms with van der Waals surface area (Å²) in [7, 11) is 0. The number of rotatable bonds is 6. The van der Waals surface area contributed by atoms with Gasteiger partial charge in [-0.25, -0.2) is 4.39 Å². The highest BCUT2D eigenvalue weighted by atomic mass is 19.4. The van der Waals surface area contributed by atoms with Crippen molar-refractivity contribution < 1.29 is 36.9 Å². The van der Waals surface area contributed by atoms with Crippen molar-refractivity contribution >= 4 is 5.97 Å². The minimum absolute atomic E-state index is 0.0262. The molecule has 0 radical (unpaired) electrons. The fourth-order valence-corrected chi connectivity index (χ4v) is 5.01. The van der Waals surface area contributed by atoms with Crippen LogP contribution in [0.25, 0.3) is 0 Å². The van der Waals surface area contributed by atoms with Crippen molar-refractivity contribution in [3.63, 3.8) is 0 Å².